The predicted octanol–water partition coefficient (Wildman–Crippen LogP) is 2.53. The number of nitrogens with zero attached hydrogens (tertiary/aromatic N) is 2. The van der Waals surface area contributed by atoms with Gasteiger partial charge in [-0.1, -0.05) is 13.8 Å². The third kappa shape index (κ3) is 3.75. The normalized spacial score (nSPS) is 21.6. The van der Waals surface area contributed by atoms with Gasteiger partial charge >= 0.3 is 0 Å². The van der Waals surface area contributed by atoms with Crippen molar-refractivity contribution in [3.8, 4) is 0 Å². The van der Waals surface area contributed by atoms with Crippen molar-refractivity contribution < 1.29 is 9.59 Å². The quantitative estimate of drug-likeness (QED) is 0.913. The molecule has 130 valence electrons. The Bertz CT molecular complexity index is 639. The highest BCUT2D eigenvalue weighted by atomic mass is 32.2. The van der Waals surface area contributed by atoms with Crippen molar-refractivity contribution in [3.63, 3.8) is 0 Å². The lowest BCUT2D eigenvalue weighted by molar-refractivity contribution is -0.115. The van der Waals surface area contributed by atoms with E-state index >= 15 is 0 Å². The number of rotatable bonds is 3. The maximum absolute atomic E-state index is 12.7. The van der Waals surface area contributed by atoms with Gasteiger partial charge < -0.3 is 10.2 Å². The minimum atomic E-state index is -0.0897. The monoisotopic (exact) mass is 347 g/mol. The van der Waals surface area contributed by atoms with Crippen LogP contribution in [0, 0.1) is 5.92 Å². The number of amides is 2. The number of thioether (sulfide) groups is 1. The van der Waals surface area contributed by atoms with Gasteiger partial charge in [0.05, 0.1) is 10.9 Å². The molecule has 0 saturated carbocycles. The number of piperazine rings is 1. The third-order valence-corrected chi connectivity index (χ3v) is 5.62. The molecule has 0 radical (unpaired) electrons. The highest BCUT2D eigenvalue weighted by molar-refractivity contribution is 8.00. The standard InChI is InChI=1S/C18H25N3O2S/c1-12(2)11-20-6-8-21(9-7-20)18(23)14-4-5-16-15(10-14)19-17(22)13(3)24-16/h4-5,10,12-13H,6-9,11H2,1-3H3,(H,19,22)/t13-/m1/s1. The van der Waals surface area contributed by atoms with E-state index in [0.717, 1.165) is 43.3 Å². The van der Waals surface area contributed by atoms with Crippen molar-refractivity contribution in [1.82, 2.24) is 9.80 Å². The summed E-state index contributed by atoms with van der Waals surface area (Å²) >= 11 is 1.54. The average Bonchev–Trinajstić information content (AvgIpc) is 2.55. The van der Waals surface area contributed by atoms with E-state index in [1.807, 2.05) is 30.0 Å². The van der Waals surface area contributed by atoms with Crippen molar-refractivity contribution in [2.75, 3.05) is 38.0 Å². The fraction of sp³-hybridized carbons (Fsp3) is 0.556. The Morgan fingerprint density at radius 1 is 1.29 bits per heavy atom. The van der Waals surface area contributed by atoms with Gasteiger partial charge in [-0.3, -0.25) is 14.5 Å². The number of hydrogen-bond donors (Lipinski definition) is 1. The first-order valence-corrected chi connectivity index (χ1v) is 9.45. The first-order chi connectivity index (χ1) is 11.4. The molecule has 1 aromatic carbocycles. The van der Waals surface area contributed by atoms with Gasteiger partial charge in [0.2, 0.25) is 5.91 Å². The van der Waals surface area contributed by atoms with E-state index in [0.29, 0.717) is 11.5 Å². The van der Waals surface area contributed by atoms with Gasteiger partial charge in [-0.15, -0.1) is 11.8 Å². The molecule has 3 rings (SSSR count). The lowest BCUT2D eigenvalue weighted by atomic mass is 10.1. The van der Waals surface area contributed by atoms with Crippen LogP contribution in [-0.2, 0) is 4.79 Å². The number of hydrogen-bond acceptors (Lipinski definition) is 4. The summed E-state index contributed by atoms with van der Waals surface area (Å²) in [4.78, 5) is 29.9. The second-order valence-electron chi connectivity index (χ2n) is 6.95. The second-order valence-corrected chi connectivity index (χ2v) is 8.33. The van der Waals surface area contributed by atoms with Crippen LogP contribution in [0.1, 0.15) is 31.1 Å². The number of carbonyl (C=O) groups excluding carboxylic acids is 2. The summed E-state index contributed by atoms with van der Waals surface area (Å²) in [5.74, 6) is 0.704. The second kappa shape index (κ2) is 7.15. The molecule has 2 heterocycles. The van der Waals surface area contributed by atoms with E-state index in [2.05, 4.69) is 24.1 Å². The van der Waals surface area contributed by atoms with Crippen molar-refractivity contribution in [2.24, 2.45) is 5.92 Å². The van der Waals surface area contributed by atoms with Crippen LogP contribution < -0.4 is 5.32 Å². The molecule has 1 N–H and O–H groups in total. The van der Waals surface area contributed by atoms with Crippen molar-refractivity contribution in [2.45, 2.75) is 30.9 Å². The Kier molecular flexibility index (Phi) is 5.15. The van der Waals surface area contributed by atoms with Crippen LogP contribution in [0.3, 0.4) is 0 Å². The summed E-state index contributed by atoms with van der Waals surface area (Å²) in [6.07, 6.45) is 0. The van der Waals surface area contributed by atoms with Gasteiger partial charge in [-0.05, 0) is 31.0 Å². The first-order valence-electron chi connectivity index (χ1n) is 8.57. The van der Waals surface area contributed by atoms with Crippen molar-refractivity contribution in [3.05, 3.63) is 23.8 Å². The van der Waals surface area contributed by atoms with Gasteiger partial charge in [-0.2, -0.15) is 0 Å². The molecule has 1 aromatic rings. The SMILES string of the molecule is CC(C)CN1CCN(C(=O)c2ccc3c(c2)NC(=O)[C@@H](C)S3)CC1. The molecule has 1 saturated heterocycles. The van der Waals surface area contributed by atoms with E-state index in [9.17, 15) is 9.59 Å². The Balaban J connectivity index is 1.66. The molecule has 2 amide bonds. The zero-order valence-corrected chi connectivity index (χ0v) is 15.4. The van der Waals surface area contributed by atoms with Crippen LogP contribution in [0.2, 0.25) is 0 Å². The lowest BCUT2D eigenvalue weighted by Gasteiger charge is -2.35. The summed E-state index contributed by atoms with van der Waals surface area (Å²) in [5.41, 5.74) is 1.41. The van der Waals surface area contributed by atoms with Gasteiger partial charge in [-0.25, -0.2) is 0 Å². The largest absolute Gasteiger partial charge is 0.336 e. The minimum absolute atomic E-state index is 0.000557. The molecule has 5 nitrogen and oxygen atoms in total. The van der Waals surface area contributed by atoms with Gasteiger partial charge in [0.25, 0.3) is 5.91 Å². The fourth-order valence-corrected chi connectivity index (χ4v) is 4.10. The maximum Gasteiger partial charge on any atom is 0.254 e. The molecule has 6 heteroatoms. The minimum Gasteiger partial charge on any atom is -0.336 e. The van der Waals surface area contributed by atoms with Crippen LogP contribution in [0.4, 0.5) is 5.69 Å². The smallest absolute Gasteiger partial charge is 0.254 e. The zero-order chi connectivity index (χ0) is 17.3. The predicted molar refractivity (Wildman–Crippen MR) is 97.6 cm³/mol. The Morgan fingerprint density at radius 2 is 2.00 bits per heavy atom. The van der Waals surface area contributed by atoms with Crippen LogP contribution in [0.5, 0.6) is 0 Å². The number of anilines is 1. The summed E-state index contributed by atoms with van der Waals surface area (Å²) in [5, 5.41) is 2.81. The maximum atomic E-state index is 12.7. The highest BCUT2D eigenvalue weighted by Gasteiger charge is 2.26. The fourth-order valence-electron chi connectivity index (χ4n) is 3.17. The molecule has 0 spiro atoms. The molecule has 2 aliphatic heterocycles. The molecule has 24 heavy (non-hydrogen) atoms. The van der Waals surface area contributed by atoms with Crippen LogP contribution in [-0.4, -0.2) is 59.6 Å². The molecule has 0 aromatic heterocycles. The third-order valence-electron chi connectivity index (χ3n) is 4.44. The number of nitrogens with one attached hydrogen (secondary N) is 1. The molecule has 0 bridgehead atoms. The van der Waals surface area contributed by atoms with E-state index in [-0.39, 0.29) is 17.1 Å². The number of benzene rings is 1. The topological polar surface area (TPSA) is 52.6 Å². The molecular weight excluding hydrogens is 322 g/mol. The zero-order valence-electron chi connectivity index (χ0n) is 14.5. The van der Waals surface area contributed by atoms with Crippen LogP contribution in [0.25, 0.3) is 0 Å². The highest BCUT2D eigenvalue weighted by Crippen LogP contribution is 2.36. The average molecular weight is 347 g/mol. The Labute approximate surface area is 147 Å². The van der Waals surface area contributed by atoms with E-state index in [1.165, 1.54) is 11.8 Å². The summed E-state index contributed by atoms with van der Waals surface area (Å²) in [6, 6.07) is 5.63. The van der Waals surface area contributed by atoms with Crippen LogP contribution in [0.15, 0.2) is 23.1 Å². The van der Waals surface area contributed by atoms with Crippen LogP contribution >= 0.6 is 11.8 Å². The van der Waals surface area contributed by atoms with Gasteiger partial charge in [0, 0.05) is 43.2 Å². The van der Waals surface area contributed by atoms with E-state index < -0.39 is 0 Å². The van der Waals surface area contributed by atoms with E-state index in [1.54, 1.807) is 0 Å². The lowest BCUT2D eigenvalue weighted by Crippen LogP contribution is -2.49. The summed E-state index contributed by atoms with van der Waals surface area (Å²) < 4.78 is 0. The number of fused-ring (bicyclic) bond motifs is 1. The Morgan fingerprint density at radius 3 is 2.67 bits per heavy atom. The molecule has 1 atom stereocenters. The molecule has 2 aliphatic rings. The summed E-state index contributed by atoms with van der Waals surface area (Å²) in [7, 11) is 0. The molecular formula is C18H25N3O2S. The number of carbonyl (C=O) groups is 2. The van der Waals surface area contributed by atoms with Crippen molar-refractivity contribution in [1.29, 1.82) is 0 Å². The van der Waals surface area contributed by atoms with Gasteiger partial charge in [0.1, 0.15) is 0 Å². The molecule has 1 fully saturated rings. The summed E-state index contributed by atoms with van der Waals surface area (Å²) in [6.45, 7) is 10.8. The first kappa shape index (κ1) is 17.3. The van der Waals surface area contributed by atoms with E-state index in [4.69, 9.17) is 0 Å². The molecule has 0 aliphatic carbocycles. The Hall–Kier alpha value is -1.53. The van der Waals surface area contributed by atoms with Crippen molar-refractivity contribution >= 4 is 29.3 Å². The van der Waals surface area contributed by atoms with Gasteiger partial charge in [0.15, 0.2) is 0 Å². The molecule has 0 unspecified atom stereocenters.